The normalized spacial score (nSPS) is 18.2. The first-order valence-electron chi connectivity index (χ1n) is 9.74. The standard InChI is InChI=1S/C22H21ClN4O4/c1-2-9-27-17-12-26(13-18(28)24-11-14-6-5-10-31-14)21(29)19(17)20(25-22(27)30)15-7-3-4-8-16(15)23/h2-8,10,20H,1,9,11-13H2,(H,24,28)(H,25,30)/t20-/m0/s1. The quantitative estimate of drug-likeness (QED) is 0.647. The van der Waals surface area contributed by atoms with Crippen molar-refractivity contribution in [2.24, 2.45) is 0 Å². The van der Waals surface area contributed by atoms with Crippen molar-refractivity contribution >= 4 is 29.4 Å². The third kappa shape index (κ3) is 4.06. The molecule has 0 bridgehead atoms. The molecule has 8 nitrogen and oxygen atoms in total. The van der Waals surface area contributed by atoms with E-state index in [1.165, 1.54) is 16.1 Å². The molecule has 9 heteroatoms. The van der Waals surface area contributed by atoms with Gasteiger partial charge in [0, 0.05) is 11.6 Å². The summed E-state index contributed by atoms with van der Waals surface area (Å²) in [6.07, 6.45) is 3.11. The number of halogens is 1. The van der Waals surface area contributed by atoms with E-state index in [0.29, 0.717) is 27.6 Å². The summed E-state index contributed by atoms with van der Waals surface area (Å²) in [4.78, 5) is 41.4. The summed E-state index contributed by atoms with van der Waals surface area (Å²) < 4.78 is 5.20. The minimum absolute atomic E-state index is 0.141. The second-order valence-corrected chi connectivity index (χ2v) is 7.59. The van der Waals surface area contributed by atoms with E-state index in [2.05, 4.69) is 17.2 Å². The Bertz CT molecular complexity index is 1060. The van der Waals surface area contributed by atoms with Gasteiger partial charge in [0.2, 0.25) is 5.91 Å². The van der Waals surface area contributed by atoms with Crippen LogP contribution in [0.4, 0.5) is 4.79 Å². The van der Waals surface area contributed by atoms with E-state index in [4.69, 9.17) is 16.0 Å². The Kier molecular flexibility index (Phi) is 5.81. The number of rotatable bonds is 7. The molecule has 0 radical (unpaired) electrons. The smallest absolute Gasteiger partial charge is 0.322 e. The lowest BCUT2D eigenvalue weighted by atomic mass is 9.95. The molecular weight excluding hydrogens is 420 g/mol. The van der Waals surface area contributed by atoms with E-state index in [1.54, 1.807) is 42.5 Å². The predicted octanol–water partition coefficient (Wildman–Crippen LogP) is 2.60. The average Bonchev–Trinajstić information content (AvgIpc) is 3.38. The Morgan fingerprint density at radius 3 is 2.81 bits per heavy atom. The summed E-state index contributed by atoms with van der Waals surface area (Å²) in [6.45, 7) is 4.17. The summed E-state index contributed by atoms with van der Waals surface area (Å²) in [5.74, 6) is -0.0279. The van der Waals surface area contributed by atoms with Gasteiger partial charge in [-0.25, -0.2) is 4.79 Å². The highest BCUT2D eigenvalue weighted by Gasteiger charge is 2.44. The molecule has 31 heavy (non-hydrogen) atoms. The van der Waals surface area contributed by atoms with Gasteiger partial charge in [-0.15, -0.1) is 6.58 Å². The maximum atomic E-state index is 13.3. The number of hydrogen-bond donors (Lipinski definition) is 2. The van der Waals surface area contributed by atoms with Gasteiger partial charge in [0.1, 0.15) is 12.3 Å². The lowest BCUT2D eigenvalue weighted by Gasteiger charge is -2.33. The molecule has 2 aromatic rings. The van der Waals surface area contributed by atoms with Gasteiger partial charge >= 0.3 is 6.03 Å². The summed E-state index contributed by atoms with van der Waals surface area (Å²) in [5, 5.41) is 6.04. The Hall–Kier alpha value is -3.52. The van der Waals surface area contributed by atoms with Crippen LogP contribution in [-0.2, 0) is 16.1 Å². The number of benzene rings is 1. The maximum absolute atomic E-state index is 13.3. The molecular formula is C22H21ClN4O4. The number of amides is 4. The molecule has 0 saturated carbocycles. The highest BCUT2D eigenvalue weighted by molar-refractivity contribution is 6.31. The van der Waals surface area contributed by atoms with Crippen molar-refractivity contribution < 1.29 is 18.8 Å². The number of nitrogens with one attached hydrogen (secondary N) is 2. The second kappa shape index (κ2) is 8.69. The van der Waals surface area contributed by atoms with Crippen molar-refractivity contribution in [1.82, 2.24) is 20.4 Å². The minimum Gasteiger partial charge on any atom is -0.467 e. The Labute approximate surface area is 184 Å². The van der Waals surface area contributed by atoms with Crippen LogP contribution in [0.2, 0.25) is 5.02 Å². The fourth-order valence-corrected chi connectivity index (χ4v) is 4.01. The highest BCUT2D eigenvalue weighted by atomic mass is 35.5. The lowest BCUT2D eigenvalue weighted by Crippen LogP contribution is -2.47. The van der Waals surface area contributed by atoms with Crippen molar-refractivity contribution in [1.29, 1.82) is 0 Å². The van der Waals surface area contributed by atoms with Gasteiger partial charge in [-0.2, -0.15) is 0 Å². The van der Waals surface area contributed by atoms with Crippen LogP contribution >= 0.6 is 11.6 Å². The summed E-state index contributed by atoms with van der Waals surface area (Å²) in [6, 6.07) is 9.49. The van der Waals surface area contributed by atoms with Crippen LogP contribution in [0.15, 0.2) is 71.0 Å². The van der Waals surface area contributed by atoms with Gasteiger partial charge < -0.3 is 20.0 Å². The monoisotopic (exact) mass is 440 g/mol. The van der Waals surface area contributed by atoms with Crippen LogP contribution in [0.1, 0.15) is 17.4 Å². The van der Waals surface area contributed by atoms with Crippen molar-refractivity contribution in [2.45, 2.75) is 12.6 Å². The van der Waals surface area contributed by atoms with E-state index in [-0.39, 0.29) is 44.0 Å². The van der Waals surface area contributed by atoms with Gasteiger partial charge in [0.15, 0.2) is 0 Å². The number of nitrogens with zero attached hydrogens (tertiary/aromatic N) is 2. The molecule has 0 fully saturated rings. The fraction of sp³-hybridized carbons (Fsp3) is 0.227. The number of carbonyl (C=O) groups is 3. The molecule has 0 spiro atoms. The molecule has 2 aliphatic heterocycles. The van der Waals surface area contributed by atoms with Crippen LogP contribution in [0.3, 0.4) is 0 Å². The summed E-state index contributed by atoms with van der Waals surface area (Å²) in [7, 11) is 0. The zero-order chi connectivity index (χ0) is 22.0. The van der Waals surface area contributed by atoms with Crippen molar-refractivity contribution in [2.75, 3.05) is 19.6 Å². The van der Waals surface area contributed by atoms with Crippen LogP contribution in [0, 0.1) is 0 Å². The first-order valence-corrected chi connectivity index (χ1v) is 10.1. The molecule has 0 unspecified atom stereocenters. The molecule has 4 rings (SSSR count). The molecule has 160 valence electrons. The molecule has 0 saturated heterocycles. The zero-order valence-corrected chi connectivity index (χ0v) is 17.4. The van der Waals surface area contributed by atoms with Gasteiger partial charge in [-0.1, -0.05) is 35.9 Å². The molecule has 1 aromatic heterocycles. The largest absolute Gasteiger partial charge is 0.467 e. The third-order valence-corrected chi connectivity index (χ3v) is 5.54. The van der Waals surface area contributed by atoms with E-state index in [9.17, 15) is 14.4 Å². The third-order valence-electron chi connectivity index (χ3n) is 5.20. The minimum atomic E-state index is -0.694. The molecule has 2 N–H and O–H groups in total. The summed E-state index contributed by atoms with van der Waals surface area (Å²) >= 11 is 6.35. The number of urea groups is 1. The molecule has 1 aromatic carbocycles. The number of furan rings is 1. The van der Waals surface area contributed by atoms with Gasteiger partial charge in [-0.05, 0) is 23.8 Å². The van der Waals surface area contributed by atoms with E-state index in [1.807, 2.05) is 0 Å². The van der Waals surface area contributed by atoms with Crippen molar-refractivity contribution in [3.05, 3.63) is 82.9 Å². The first kappa shape index (κ1) is 20.7. The van der Waals surface area contributed by atoms with Crippen LogP contribution < -0.4 is 10.6 Å². The van der Waals surface area contributed by atoms with E-state index in [0.717, 1.165) is 0 Å². The van der Waals surface area contributed by atoms with E-state index >= 15 is 0 Å². The van der Waals surface area contributed by atoms with Gasteiger partial charge in [0.05, 0.1) is 36.7 Å². The van der Waals surface area contributed by atoms with Crippen LogP contribution in [0.5, 0.6) is 0 Å². The van der Waals surface area contributed by atoms with E-state index < -0.39 is 6.04 Å². The predicted molar refractivity (Wildman–Crippen MR) is 114 cm³/mol. The SMILES string of the molecule is C=CCN1C(=O)N[C@@H](c2ccccc2Cl)C2=C1CN(CC(=O)NCc1ccco1)C2=O. The fourth-order valence-electron chi connectivity index (χ4n) is 3.77. The molecule has 3 heterocycles. The maximum Gasteiger partial charge on any atom is 0.322 e. The summed E-state index contributed by atoms with van der Waals surface area (Å²) in [5.41, 5.74) is 1.59. The molecule has 2 aliphatic rings. The second-order valence-electron chi connectivity index (χ2n) is 7.18. The first-order chi connectivity index (χ1) is 15.0. The number of carbonyl (C=O) groups excluding carboxylic acids is 3. The topological polar surface area (TPSA) is 94.9 Å². The number of hydrogen-bond acceptors (Lipinski definition) is 4. The Balaban J connectivity index is 1.57. The van der Waals surface area contributed by atoms with Crippen LogP contribution in [-0.4, -0.2) is 47.3 Å². The highest BCUT2D eigenvalue weighted by Crippen LogP contribution is 2.38. The zero-order valence-electron chi connectivity index (χ0n) is 16.6. The Morgan fingerprint density at radius 1 is 1.29 bits per heavy atom. The lowest BCUT2D eigenvalue weighted by molar-refractivity contribution is -0.132. The molecule has 1 atom stereocenters. The molecule has 0 aliphatic carbocycles. The Morgan fingerprint density at radius 2 is 2.10 bits per heavy atom. The van der Waals surface area contributed by atoms with Gasteiger partial charge in [-0.3, -0.25) is 14.5 Å². The van der Waals surface area contributed by atoms with Gasteiger partial charge in [0.25, 0.3) is 5.91 Å². The molecule has 4 amide bonds. The van der Waals surface area contributed by atoms with Crippen LogP contribution in [0.25, 0.3) is 0 Å². The van der Waals surface area contributed by atoms with Crippen molar-refractivity contribution in [3.63, 3.8) is 0 Å². The average molecular weight is 441 g/mol. The van der Waals surface area contributed by atoms with Crippen molar-refractivity contribution in [3.8, 4) is 0 Å².